The summed E-state index contributed by atoms with van der Waals surface area (Å²) >= 11 is 0. The molecule has 0 saturated heterocycles. The van der Waals surface area contributed by atoms with E-state index in [9.17, 15) is 0 Å². The highest BCUT2D eigenvalue weighted by atomic mass is 15.0. The van der Waals surface area contributed by atoms with Gasteiger partial charge in [0.05, 0.1) is 0 Å². The quantitative estimate of drug-likeness (QED) is 0.683. The Morgan fingerprint density at radius 1 is 1.20 bits per heavy atom. The molecule has 0 bridgehead atoms. The summed E-state index contributed by atoms with van der Waals surface area (Å²) in [5.74, 6) is 2.62. The normalized spacial score (nSPS) is 32.2. The Morgan fingerprint density at radius 3 is 2.53 bits per heavy atom. The molecule has 0 heterocycles. The van der Waals surface area contributed by atoms with E-state index in [2.05, 4.69) is 31.4 Å². The summed E-state index contributed by atoms with van der Waals surface area (Å²) in [7, 11) is 2.02. The van der Waals surface area contributed by atoms with Crippen LogP contribution in [0.4, 0.5) is 0 Å². The predicted molar refractivity (Wildman–Crippen MR) is 67.1 cm³/mol. The summed E-state index contributed by atoms with van der Waals surface area (Å²) in [6, 6.07) is 0.752. The highest BCUT2D eigenvalue weighted by Gasteiger charge is 2.29. The van der Waals surface area contributed by atoms with Crippen LogP contribution in [0, 0.1) is 17.8 Å². The van der Waals surface area contributed by atoms with E-state index < -0.39 is 0 Å². The van der Waals surface area contributed by atoms with Crippen LogP contribution in [0.25, 0.3) is 0 Å². The molecule has 0 amide bonds. The van der Waals surface area contributed by atoms with Crippen molar-refractivity contribution in [2.75, 3.05) is 20.1 Å². The molecule has 3 atom stereocenters. The van der Waals surface area contributed by atoms with E-state index in [1.54, 1.807) is 0 Å². The number of rotatable bonds is 5. The molecule has 0 spiro atoms. The summed E-state index contributed by atoms with van der Waals surface area (Å²) in [5.41, 5.74) is 0. The summed E-state index contributed by atoms with van der Waals surface area (Å²) in [6.07, 6.45) is 4.20. The van der Waals surface area contributed by atoms with Gasteiger partial charge < -0.3 is 10.6 Å². The summed E-state index contributed by atoms with van der Waals surface area (Å²) < 4.78 is 0. The van der Waals surface area contributed by atoms with Crippen molar-refractivity contribution in [3.05, 3.63) is 0 Å². The molecule has 3 unspecified atom stereocenters. The van der Waals surface area contributed by atoms with Gasteiger partial charge in [-0.25, -0.2) is 0 Å². The van der Waals surface area contributed by atoms with Gasteiger partial charge in [0.25, 0.3) is 0 Å². The second-order valence-corrected chi connectivity index (χ2v) is 5.49. The second kappa shape index (κ2) is 6.49. The van der Waals surface area contributed by atoms with E-state index in [1.807, 2.05) is 7.05 Å². The van der Waals surface area contributed by atoms with Crippen LogP contribution >= 0.6 is 0 Å². The van der Waals surface area contributed by atoms with Crippen LogP contribution in [0.2, 0.25) is 0 Å². The number of hydrogen-bond acceptors (Lipinski definition) is 2. The molecule has 0 aliphatic heterocycles. The third-order valence-electron chi connectivity index (χ3n) is 3.80. The van der Waals surface area contributed by atoms with Crippen molar-refractivity contribution in [1.29, 1.82) is 0 Å². The van der Waals surface area contributed by atoms with Gasteiger partial charge in [0.2, 0.25) is 0 Å². The molecule has 2 nitrogen and oxygen atoms in total. The first kappa shape index (κ1) is 13.0. The fourth-order valence-corrected chi connectivity index (χ4v) is 2.82. The van der Waals surface area contributed by atoms with Gasteiger partial charge in [0.15, 0.2) is 0 Å². The lowest BCUT2D eigenvalue weighted by Crippen LogP contribution is -2.44. The molecular formula is C13H28N2. The molecule has 1 fully saturated rings. The lowest BCUT2D eigenvalue weighted by molar-refractivity contribution is 0.171. The highest BCUT2D eigenvalue weighted by Crippen LogP contribution is 2.33. The Balaban J connectivity index is 2.39. The Morgan fingerprint density at radius 2 is 1.93 bits per heavy atom. The van der Waals surface area contributed by atoms with Crippen molar-refractivity contribution < 1.29 is 0 Å². The minimum absolute atomic E-state index is 0.752. The van der Waals surface area contributed by atoms with Crippen LogP contribution in [0.3, 0.4) is 0 Å². The molecule has 1 aliphatic rings. The number of likely N-dealkylation sites (N-methyl/N-ethyl adjacent to an activating group) is 1. The maximum Gasteiger partial charge on any atom is 0.0101 e. The third-order valence-corrected chi connectivity index (χ3v) is 3.80. The maximum absolute atomic E-state index is 3.72. The smallest absolute Gasteiger partial charge is 0.0101 e. The van der Waals surface area contributed by atoms with Crippen molar-refractivity contribution in [3.63, 3.8) is 0 Å². The Labute approximate surface area is 95.2 Å². The molecular weight excluding hydrogens is 184 g/mol. The minimum Gasteiger partial charge on any atom is -0.318 e. The van der Waals surface area contributed by atoms with Gasteiger partial charge in [-0.1, -0.05) is 27.2 Å². The van der Waals surface area contributed by atoms with Crippen molar-refractivity contribution in [3.8, 4) is 0 Å². The van der Waals surface area contributed by atoms with Gasteiger partial charge in [-0.05, 0) is 37.6 Å². The SMILES string of the molecule is CNCCNC1CC(C)CCC1C(C)C. The van der Waals surface area contributed by atoms with E-state index in [0.29, 0.717) is 0 Å². The molecule has 0 aromatic heterocycles. The van der Waals surface area contributed by atoms with Crippen LogP contribution in [0.15, 0.2) is 0 Å². The predicted octanol–water partition coefficient (Wildman–Crippen LogP) is 2.26. The van der Waals surface area contributed by atoms with E-state index in [0.717, 1.165) is 36.9 Å². The molecule has 1 saturated carbocycles. The van der Waals surface area contributed by atoms with Gasteiger partial charge in [-0.15, -0.1) is 0 Å². The van der Waals surface area contributed by atoms with E-state index in [-0.39, 0.29) is 0 Å². The van der Waals surface area contributed by atoms with Crippen LogP contribution in [-0.2, 0) is 0 Å². The lowest BCUT2D eigenvalue weighted by Gasteiger charge is -2.38. The zero-order chi connectivity index (χ0) is 11.3. The van der Waals surface area contributed by atoms with Gasteiger partial charge in [0, 0.05) is 19.1 Å². The van der Waals surface area contributed by atoms with E-state index in [4.69, 9.17) is 0 Å². The van der Waals surface area contributed by atoms with Crippen LogP contribution in [0.5, 0.6) is 0 Å². The Kier molecular flexibility index (Phi) is 5.62. The number of hydrogen-bond donors (Lipinski definition) is 2. The average Bonchev–Trinajstić information content (AvgIpc) is 2.18. The molecule has 0 aromatic carbocycles. The minimum atomic E-state index is 0.752. The molecule has 2 heteroatoms. The summed E-state index contributed by atoms with van der Waals surface area (Å²) in [6.45, 7) is 9.32. The van der Waals surface area contributed by atoms with Crippen molar-refractivity contribution >= 4 is 0 Å². The highest BCUT2D eigenvalue weighted by molar-refractivity contribution is 4.85. The first-order chi connectivity index (χ1) is 7.15. The zero-order valence-electron chi connectivity index (χ0n) is 10.8. The van der Waals surface area contributed by atoms with Crippen LogP contribution in [-0.4, -0.2) is 26.2 Å². The Bertz CT molecular complexity index is 168. The molecule has 90 valence electrons. The van der Waals surface area contributed by atoms with Crippen molar-refractivity contribution in [2.45, 2.75) is 46.1 Å². The van der Waals surface area contributed by atoms with E-state index >= 15 is 0 Å². The average molecular weight is 212 g/mol. The van der Waals surface area contributed by atoms with Crippen molar-refractivity contribution in [2.24, 2.45) is 17.8 Å². The molecule has 2 N–H and O–H groups in total. The Hall–Kier alpha value is -0.0800. The molecule has 1 rings (SSSR count). The zero-order valence-corrected chi connectivity index (χ0v) is 10.8. The largest absolute Gasteiger partial charge is 0.318 e. The maximum atomic E-state index is 3.72. The summed E-state index contributed by atoms with van der Waals surface area (Å²) in [5, 5.41) is 6.92. The van der Waals surface area contributed by atoms with Gasteiger partial charge >= 0.3 is 0 Å². The number of nitrogens with one attached hydrogen (secondary N) is 2. The first-order valence-electron chi connectivity index (χ1n) is 6.53. The topological polar surface area (TPSA) is 24.1 Å². The van der Waals surface area contributed by atoms with Gasteiger partial charge in [-0.3, -0.25) is 0 Å². The second-order valence-electron chi connectivity index (χ2n) is 5.49. The van der Waals surface area contributed by atoms with Crippen molar-refractivity contribution in [1.82, 2.24) is 10.6 Å². The van der Waals surface area contributed by atoms with Gasteiger partial charge in [-0.2, -0.15) is 0 Å². The van der Waals surface area contributed by atoms with Gasteiger partial charge in [0.1, 0.15) is 0 Å². The monoisotopic (exact) mass is 212 g/mol. The fraction of sp³-hybridized carbons (Fsp3) is 1.00. The first-order valence-corrected chi connectivity index (χ1v) is 6.53. The van der Waals surface area contributed by atoms with Crippen LogP contribution < -0.4 is 10.6 Å². The fourth-order valence-electron chi connectivity index (χ4n) is 2.82. The molecule has 1 aliphatic carbocycles. The lowest BCUT2D eigenvalue weighted by atomic mass is 9.74. The van der Waals surface area contributed by atoms with E-state index in [1.165, 1.54) is 19.3 Å². The molecule has 0 aromatic rings. The van der Waals surface area contributed by atoms with Crippen LogP contribution in [0.1, 0.15) is 40.0 Å². The molecule has 15 heavy (non-hydrogen) atoms. The standard InChI is InChI=1S/C13H28N2/c1-10(2)12-6-5-11(3)9-13(12)15-8-7-14-4/h10-15H,5-9H2,1-4H3. The summed E-state index contributed by atoms with van der Waals surface area (Å²) in [4.78, 5) is 0. The molecule has 0 radical (unpaired) electrons. The third kappa shape index (κ3) is 4.12.